The van der Waals surface area contributed by atoms with Gasteiger partial charge in [0.25, 0.3) is 0 Å². The summed E-state index contributed by atoms with van der Waals surface area (Å²) in [6.45, 7) is 11.5. The Morgan fingerprint density at radius 2 is 1.86 bits per heavy atom. The van der Waals surface area contributed by atoms with Gasteiger partial charge in [0.1, 0.15) is 4.90 Å². The molecule has 0 spiro atoms. The minimum absolute atomic E-state index is 0.305. The second kappa shape index (κ2) is 8.06. The van der Waals surface area contributed by atoms with Crippen LogP contribution in [0.25, 0.3) is 0 Å². The van der Waals surface area contributed by atoms with Gasteiger partial charge in [0.15, 0.2) is 0 Å². The molecule has 0 fully saturated rings. The van der Waals surface area contributed by atoms with Crippen LogP contribution in [0.5, 0.6) is 0 Å². The van der Waals surface area contributed by atoms with Gasteiger partial charge in [-0.05, 0) is 33.8 Å². The van der Waals surface area contributed by atoms with Gasteiger partial charge in [-0.2, -0.15) is 0 Å². The van der Waals surface area contributed by atoms with E-state index in [4.69, 9.17) is 0 Å². The molecular weight excluding hydrogens is 372 g/mol. The lowest BCUT2D eigenvalue weighted by molar-refractivity contribution is 0.414. The van der Waals surface area contributed by atoms with Crippen LogP contribution < -0.4 is 10.0 Å². The molecule has 0 aliphatic carbocycles. The predicted molar refractivity (Wildman–Crippen MR) is 93.2 cm³/mol. The fourth-order valence-corrected chi connectivity index (χ4v) is 5.30. The zero-order valence-corrected chi connectivity index (χ0v) is 16.5. The van der Waals surface area contributed by atoms with Crippen molar-refractivity contribution in [1.82, 2.24) is 10.0 Å². The number of sulfonamides is 1. The summed E-state index contributed by atoms with van der Waals surface area (Å²) in [7, 11) is -3.45. The van der Waals surface area contributed by atoms with Gasteiger partial charge in [0.05, 0.1) is 3.79 Å². The molecule has 122 valence electrons. The molecule has 4 nitrogen and oxygen atoms in total. The Morgan fingerprint density at radius 1 is 1.24 bits per heavy atom. The predicted octanol–water partition coefficient (Wildman–Crippen LogP) is 3.58. The molecule has 0 saturated carbocycles. The normalized spacial score (nSPS) is 14.1. The summed E-state index contributed by atoms with van der Waals surface area (Å²) < 4.78 is 28.1. The van der Waals surface area contributed by atoms with E-state index < -0.39 is 10.0 Å². The van der Waals surface area contributed by atoms with Crippen molar-refractivity contribution in [3.63, 3.8) is 0 Å². The van der Waals surface area contributed by atoms with E-state index in [9.17, 15) is 8.42 Å². The van der Waals surface area contributed by atoms with Gasteiger partial charge in [-0.1, -0.05) is 34.6 Å². The highest BCUT2D eigenvalue weighted by molar-refractivity contribution is 9.11. The lowest BCUT2D eigenvalue weighted by Gasteiger charge is -2.15. The molecule has 7 heteroatoms. The highest BCUT2D eigenvalue weighted by Gasteiger charge is 2.22. The Hall–Kier alpha value is 0.0500. The van der Waals surface area contributed by atoms with Crippen LogP contribution in [-0.2, 0) is 16.6 Å². The summed E-state index contributed by atoms with van der Waals surface area (Å²) in [5.41, 5.74) is 0. The molecule has 0 aliphatic heterocycles. The molecule has 2 N–H and O–H groups in total. The monoisotopic (exact) mass is 396 g/mol. The van der Waals surface area contributed by atoms with E-state index in [1.54, 1.807) is 6.07 Å². The second-order valence-electron chi connectivity index (χ2n) is 5.96. The lowest BCUT2D eigenvalue weighted by atomic mass is 9.99. The first kappa shape index (κ1) is 19.1. The van der Waals surface area contributed by atoms with Crippen molar-refractivity contribution in [2.45, 2.75) is 52.1 Å². The number of hydrogen-bond acceptors (Lipinski definition) is 4. The van der Waals surface area contributed by atoms with Crippen LogP contribution in [-0.4, -0.2) is 21.0 Å². The van der Waals surface area contributed by atoms with Gasteiger partial charge in [0, 0.05) is 24.0 Å². The van der Waals surface area contributed by atoms with Gasteiger partial charge in [-0.3, -0.25) is 0 Å². The zero-order chi connectivity index (χ0) is 16.2. The minimum atomic E-state index is -3.45. The molecule has 1 atom stereocenters. The van der Waals surface area contributed by atoms with Gasteiger partial charge < -0.3 is 5.32 Å². The first-order valence-electron chi connectivity index (χ1n) is 7.14. The molecule has 1 heterocycles. The van der Waals surface area contributed by atoms with Crippen LogP contribution >= 0.6 is 27.3 Å². The molecule has 0 saturated heterocycles. The number of thiophene rings is 1. The van der Waals surface area contributed by atoms with Crippen molar-refractivity contribution < 1.29 is 8.42 Å². The standard InChI is InChI=1S/C14H25BrN2O2S2/c1-9(2)11(5)7-17-21(18,19)13-6-12(20-14(13)15)8-16-10(3)4/h6,9-11,16-17H,7-8H2,1-5H3. The van der Waals surface area contributed by atoms with Crippen molar-refractivity contribution in [2.75, 3.05) is 6.54 Å². The Balaban J connectivity index is 2.79. The van der Waals surface area contributed by atoms with E-state index in [0.717, 1.165) is 4.88 Å². The highest BCUT2D eigenvalue weighted by Crippen LogP contribution is 2.31. The molecular formula is C14H25BrN2O2S2. The third-order valence-electron chi connectivity index (χ3n) is 3.41. The van der Waals surface area contributed by atoms with E-state index >= 15 is 0 Å². The molecule has 0 aromatic carbocycles. The Morgan fingerprint density at radius 3 is 2.38 bits per heavy atom. The summed E-state index contributed by atoms with van der Waals surface area (Å²) in [5, 5.41) is 3.29. The molecule has 1 unspecified atom stereocenters. The number of hydrogen-bond donors (Lipinski definition) is 2. The summed E-state index contributed by atoms with van der Waals surface area (Å²) >= 11 is 4.83. The van der Waals surface area contributed by atoms with Crippen molar-refractivity contribution in [3.05, 3.63) is 14.7 Å². The smallest absolute Gasteiger partial charge is 0.242 e. The van der Waals surface area contributed by atoms with Gasteiger partial charge in [-0.25, -0.2) is 13.1 Å². The first-order valence-corrected chi connectivity index (χ1v) is 10.2. The zero-order valence-electron chi connectivity index (χ0n) is 13.2. The minimum Gasteiger partial charge on any atom is -0.310 e. The van der Waals surface area contributed by atoms with Crippen molar-refractivity contribution in [3.8, 4) is 0 Å². The number of rotatable bonds is 8. The van der Waals surface area contributed by atoms with Gasteiger partial charge in [-0.15, -0.1) is 11.3 Å². The Bertz CT molecular complexity index is 553. The number of nitrogens with one attached hydrogen (secondary N) is 2. The lowest BCUT2D eigenvalue weighted by Crippen LogP contribution is -2.30. The van der Waals surface area contributed by atoms with E-state index in [2.05, 4.69) is 53.7 Å². The van der Waals surface area contributed by atoms with E-state index in [1.165, 1.54) is 11.3 Å². The van der Waals surface area contributed by atoms with Crippen LogP contribution in [0.2, 0.25) is 0 Å². The maximum absolute atomic E-state index is 12.4. The number of halogens is 1. The molecule has 0 radical (unpaired) electrons. The van der Waals surface area contributed by atoms with Crippen molar-refractivity contribution >= 4 is 37.3 Å². The third kappa shape index (κ3) is 5.98. The topological polar surface area (TPSA) is 58.2 Å². The molecule has 0 bridgehead atoms. The molecule has 21 heavy (non-hydrogen) atoms. The average molecular weight is 397 g/mol. The maximum Gasteiger partial charge on any atom is 0.242 e. The van der Waals surface area contributed by atoms with Crippen LogP contribution in [0.1, 0.15) is 39.5 Å². The second-order valence-corrected chi connectivity index (χ2v) is 10.1. The Kier molecular flexibility index (Phi) is 7.33. The average Bonchev–Trinajstić information content (AvgIpc) is 2.75. The summed E-state index contributed by atoms with van der Waals surface area (Å²) in [5.74, 6) is 0.753. The quantitative estimate of drug-likeness (QED) is 0.705. The maximum atomic E-state index is 12.4. The van der Waals surface area contributed by atoms with Crippen molar-refractivity contribution in [1.29, 1.82) is 0 Å². The summed E-state index contributed by atoms with van der Waals surface area (Å²) in [6, 6.07) is 2.11. The summed E-state index contributed by atoms with van der Waals surface area (Å²) in [4.78, 5) is 1.34. The van der Waals surface area contributed by atoms with Crippen LogP contribution in [0.15, 0.2) is 14.7 Å². The summed E-state index contributed by atoms with van der Waals surface area (Å²) in [6.07, 6.45) is 0. The SMILES string of the molecule is CC(C)NCc1cc(S(=O)(=O)NCC(C)C(C)C)c(Br)s1. The van der Waals surface area contributed by atoms with Gasteiger partial charge in [0.2, 0.25) is 10.0 Å². The largest absolute Gasteiger partial charge is 0.310 e. The fraction of sp³-hybridized carbons (Fsp3) is 0.714. The Labute approximate surface area is 140 Å². The molecule has 1 aromatic rings. The fourth-order valence-electron chi connectivity index (χ4n) is 1.53. The van der Waals surface area contributed by atoms with E-state index in [-0.39, 0.29) is 0 Å². The molecule has 1 aromatic heterocycles. The molecule has 0 aliphatic rings. The van der Waals surface area contributed by atoms with Crippen LogP contribution in [0, 0.1) is 11.8 Å². The molecule has 1 rings (SSSR count). The van der Waals surface area contributed by atoms with Crippen molar-refractivity contribution in [2.24, 2.45) is 11.8 Å². The molecule has 0 amide bonds. The third-order valence-corrected chi connectivity index (χ3v) is 7.09. The van der Waals surface area contributed by atoms with E-state index in [0.29, 0.717) is 39.6 Å². The first-order chi connectivity index (χ1) is 9.63. The van der Waals surface area contributed by atoms with Crippen LogP contribution in [0.4, 0.5) is 0 Å². The van der Waals surface area contributed by atoms with E-state index in [1.807, 2.05) is 6.92 Å². The van der Waals surface area contributed by atoms with Gasteiger partial charge >= 0.3 is 0 Å². The van der Waals surface area contributed by atoms with Crippen LogP contribution in [0.3, 0.4) is 0 Å². The highest BCUT2D eigenvalue weighted by atomic mass is 79.9.